The van der Waals surface area contributed by atoms with Crippen LogP contribution < -0.4 is 0 Å². The summed E-state index contributed by atoms with van der Waals surface area (Å²) < 4.78 is 31.2. The topological polar surface area (TPSA) is 66.8 Å². The van der Waals surface area contributed by atoms with Gasteiger partial charge in [-0.25, -0.2) is 8.42 Å². The Labute approximate surface area is 125 Å². The molecule has 0 atom stereocenters. The molecule has 0 spiro atoms. The highest BCUT2D eigenvalue weighted by Crippen LogP contribution is 2.22. The molecule has 0 aliphatic heterocycles. The van der Waals surface area contributed by atoms with Crippen LogP contribution in [0.15, 0.2) is 23.1 Å². The summed E-state index contributed by atoms with van der Waals surface area (Å²) in [6, 6.07) is 4.29. The van der Waals surface area contributed by atoms with E-state index < -0.39 is 10.0 Å². The Morgan fingerprint density at radius 3 is 2.55 bits per heavy atom. The Hall–Kier alpha value is -0.660. The molecule has 1 rings (SSSR count). The van der Waals surface area contributed by atoms with E-state index in [-0.39, 0.29) is 29.2 Å². The van der Waals surface area contributed by atoms with Gasteiger partial charge in [0.25, 0.3) is 0 Å². The van der Waals surface area contributed by atoms with Crippen molar-refractivity contribution in [2.75, 3.05) is 20.2 Å². The van der Waals surface area contributed by atoms with Gasteiger partial charge in [-0.1, -0.05) is 17.7 Å². The van der Waals surface area contributed by atoms with Crippen molar-refractivity contribution in [1.29, 1.82) is 0 Å². The Morgan fingerprint density at radius 1 is 1.40 bits per heavy atom. The number of sulfonamides is 1. The Balaban J connectivity index is 2.84. The van der Waals surface area contributed by atoms with Crippen molar-refractivity contribution in [3.63, 3.8) is 0 Å². The molecule has 1 aromatic rings. The van der Waals surface area contributed by atoms with E-state index >= 15 is 0 Å². The third kappa shape index (κ3) is 4.43. The normalized spacial score (nSPS) is 12.3. The molecule has 20 heavy (non-hydrogen) atoms. The van der Waals surface area contributed by atoms with Gasteiger partial charge in [-0.2, -0.15) is 4.31 Å². The van der Waals surface area contributed by atoms with Crippen LogP contribution in [0.4, 0.5) is 0 Å². The summed E-state index contributed by atoms with van der Waals surface area (Å²) in [5, 5.41) is 9.27. The van der Waals surface area contributed by atoms with Crippen LogP contribution in [-0.2, 0) is 21.4 Å². The lowest BCUT2D eigenvalue weighted by atomic mass is 10.2. The fraction of sp³-hybridized carbons (Fsp3) is 0.538. The molecule has 0 bridgehead atoms. The van der Waals surface area contributed by atoms with E-state index in [0.717, 1.165) is 0 Å². The standard InChI is InChI=1S/C13H20ClNO4S/c1-10(2)19-7-6-15(3)20(17,18)12-5-4-11(9-16)13(14)8-12/h4-5,8,10,16H,6-7,9H2,1-3H3. The molecule has 0 heterocycles. The number of benzene rings is 1. The van der Waals surface area contributed by atoms with Crippen LogP contribution in [0.3, 0.4) is 0 Å². The van der Waals surface area contributed by atoms with Crippen molar-refractivity contribution >= 4 is 21.6 Å². The summed E-state index contributed by atoms with van der Waals surface area (Å²) in [5.74, 6) is 0. The molecule has 0 saturated heterocycles. The van der Waals surface area contributed by atoms with Crippen molar-refractivity contribution in [3.05, 3.63) is 28.8 Å². The number of likely N-dealkylation sites (N-methyl/N-ethyl adjacent to an activating group) is 1. The fourth-order valence-electron chi connectivity index (χ4n) is 1.53. The first-order valence-corrected chi connectivity index (χ1v) is 8.08. The van der Waals surface area contributed by atoms with Crippen LogP contribution in [0.2, 0.25) is 5.02 Å². The summed E-state index contributed by atoms with van der Waals surface area (Å²) >= 11 is 5.92. The largest absolute Gasteiger partial charge is 0.392 e. The SMILES string of the molecule is CC(C)OCCN(C)S(=O)(=O)c1ccc(CO)c(Cl)c1. The zero-order valence-electron chi connectivity index (χ0n) is 11.8. The molecule has 0 saturated carbocycles. The van der Waals surface area contributed by atoms with Crippen LogP contribution >= 0.6 is 11.6 Å². The summed E-state index contributed by atoms with van der Waals surface area (Å²) in [4.78, 5) is 0.103. The first kappa shape index (κ1) is 17.4. The average molecular weight is 322 g/mol. The predicted octanol–water partition coefficient (Wildman–Crippen LogP) is 1.88. The van der Waals surface area contributed by atoms with Gasteiger partial charge in [0.2, 0.25) is 10.0 Å². The molecule has 0 aliphatic rings. The van der Waals surface area contributed by atoms with Gasteiger partial charge in [-0.15, -0.1) is 0 Å². The van der Waals surface area contributed by atoms with Crippen molar-refractivity contribution in [2.24, 2.45) is 0 Å². The molecule has 0 aromatic heterocycles. The number of aliphatic hydroxyl groups excluding tert-OH is 1. The Bertz CT molecular complexity index is 545. The lowest BCUT2D eigenvalue weighted by Crippen LogP contribution is -2.31. The maximum absolute atomic E-state index is 12.3. The molecule has 7 heteroatoms. The lowest BCUT2D eigenvalue weighted by molar-refractivity contribution is 0.0737. The molecule has 0 unspecified atom stereocenters. The zero-order chi connectivity index (χ0) is 15.3. The maximum Gasteiger partial charge on any atom is 0.242 e. The quantitative estimate of drug-likeness (QED) is 0.832. The number of hydrogen-bond donors (Lipinski definition) is 1. The minimum atomic E-state index is -3.60. The van der Waals surface area contributed by atoms with Gasteiger partial charge >= 0.3 is 0 Å². The van der Waals surface area contributed by atoms with Crippen LogP contribution in [0.1, 0.15) is 19.4 Å². The third-order valence-corrected chi connectivity index (χ3v) is 4.97. The van der Waals surface area contributed by atoms with Crippen molar-refractivity contribution in [3.8, 4) is 0 Å². The summed E-state index contributed by atoms with van der Waals surface area (Å²) in [6.45, 7) is 4.15. The number of rotatable bonds is 7. The number of aliphatic hydroxyl groups is 1. The lowest BCUT2D eigenvalue weighted by Gasteiger charge is -2.18. The number of halogens is 1. The van der Waals surface area contributed by atoms with E-state index in [0.29, 0.717) is 12.2 Å². The van der Waals surface area contributed by atoms with Crippen LogP contribution in [-0.4, -0.2) is 44.1 Å². The summed E-state index contributed by atoms with van der Waals surface area (Å²) in [6.07, 6.45) is 0.0596. The Morgan fingerprint density at radius 2 is 2.05 bits per heavy atom. The van der Waals surface area contributed by atoms with Crippen molar-refractivity contribution < 1.29 is 18.3 Å². The molecule has 114 valence electrons. The number of ether oxygens (including phenoxy) is 1. The second-order valence-corrected chi connectivity index (χ2v) is 7.11. The van der Waals surface area contributed by atoms with Gasteiger partial charge in [0, 0.05) is 18.6 Å². The van der Waals surface area contributed by atoms with E-state index in [2.05, 4.69) is 0 Å². The molecule has 0 fully saturated rings. The van der Waals surface area contributed by atoms with E-state index in [4.69, 9.17) is 21.4 Å². The second kappa shape index (κ2) is 7.38. The van der Waals surface area contributed by atoms with E-state index in [1.807, 2.05) is 13.8 Å². The van der Waals surface area contributed by atoms with Gasteiger partial charge in [0.1, 0.15) is 0 Å². The molecule has 0 radical (unpaired) electrons. The summed E-state index contributed by atoms with van der Waals surface area (Å²) in [7, 11) is -2.10. The van der Waals surface area contributed by atoms with Crippen molar-refractivity contribution in [1.82, 2.24) is 4.31 Å². The van der Waals surface area contributed by atoms with Crippen LogP contribution in [0.5, 0.6) is 0 Å². The smallest absolute Gasteiger partial charge is 0.242 e. The zero-order valence-corrected chi connectivity index (χ0v) is 13.4. The van der Waals surface area contributed by atoms with E-state index in [1.54, 1.807) is 0 Å². The van der Waals surface area contributed by atoms with Gasteiger partial charge in [0.05, 0.1) is 24.2 Å². The minimum absolute atomic E-state index is 0.0596. The molecular formula is C13H20ClNO4S. The minimum Gasteiger partial charge on any atom is -0.392 e. The van der Waals surface area contributed by atoms with Gasteiger partial charge in [-0.05, 0) is 31.5 Å². The van der Waals surface area contributed by atoms with Crippen LogP contribution in [0, 0.1) is 0 Å². The van der Waals surface area contributed by atoms with Crippen molar-refractivity contribution in [2.45, 2.75) is 31.5 Å². The summed E-state index contributed by atoms with van der Waals surface area (Å²) in [5.41, 5.74) is 0.497. The number of hydrogen-bond acceptors (Lipinski definition) is 4. The predicted molar refractivity (Wildman–Crippen MR) is 78.3 cm³/mol. The molecular weight excluding hydrogens is 302 g/mol. The third-order valence-electron chi connectivity index (χ3n) is 2.76. The molecule has 0 amide bonds. The second-order valence-electron chi connectivity index (χ2n) is 4.66. The highest BCUT2D eigenvalue weighted by atomic mass is 35.5. The van der Waals surface area contributed by atoms with E-state index in [9.17, 15) is 8.42 Å². The molecule has 0 aliphatic carbocycles. The van der Waals surface area contributed by atoms with Crippen LogP contribution in [0.25, 0.3) is 0 Å². The average Bonchev–Trinajstić information content (AvgIpc) is 2.37. The Kier molecular flexibility index (Phi) is 6.42. The highest BCUT2D eigenvalue weighted by Gasteiger charge is 2.21. The van der Waals surface area contributed by atoms with E-state index in [1.165, 1.54) is 29.6 Å². The van der Waals surface area contributed by atoms with Gasteiger partial charge < -0.3 is 9.84 Å². The first-order chi connectivity index (χ1) is 9.28. The van der Waals surface area contributed by atoms with Gasteiger partial charge in [0.15, 0.2) is 0 Å². The molecule has 1 N–H and O–H groups in total. The molecule has 1 aromatic carbocycles. The maximum atomic E-state index is 12.3. The molecule has 5 nitrogen and oxygen atoms in total. The van der Waals surface area contributed by atoms with Gasteiger partial charge in [-0.3, -0.25) is 0 Å². The fourth-order valence-corrected chi connectivity index (χ4v) is 3.02. The monoisotopic (exact) mass is 321 g/mol. The number of nitrogens with zero attached hydrogens (tertiary/aromatic N) is 1. The highest BCUT2D eigenvalue weighted by molar-refractivity contribution is 7.89. The first-order valence-electron chi connectivity index (χ1n) is 6.26.